The molecule has 3 N–H and O–H groups in total. The highest BCUT2D eigenvalue weighted by molar-refractivity contribution is 9.10. The number of anilines is 2. The van der Waals surface area contributed by atoms with E-state index in [9.17, 15) is 19.2 Å². The molecule has 12 nitrogen and oxygen atoms in total. The maximum Gasteiger partial charge on any atom is 0.319 e. The first-order valence-electron chi connectivity index (χ1n) is 14.7. The Morgan fingerprint density at radius 3 is 2.82 bits per heavy atom. The minimum Gasteiger partial charge on any atom is -0.377 e. The number of allylic oxidation sites excluding steroid dienone is 1. The van der Waals surface area contributed by atoms with Gasteiger partial charge in [0.15, 0.2) is 5.78 Å². The third-order valence-electron chi connectivity index (χ3n) is 8.54. The van der Waals surface area contributed by atoms with Crippen molar-refractivity contribution in [1.29, 1.82) is 0 Å². The molecule has 2 aromatic heterocycles. The van der Waals surface area contributed by atoms with Crippen LogP contribution in [-0.4, -0.2) is 75.1 Å². The van der Waals surface area contributed by atoms with Crippen molar-refractivity contribution in [3.63, 3.8) is 0 Å². The highest BCUT2D eigenvalue weighted by atomic mass is 79.9. The predicted molar refractivity (Wildman–Crippen MR) is 167 cm³/mol. The van der Waals surface area contributed by atoms with Gasteiger partial charge in [-0.3, -0.25) is 19.1 Å². The van der Waals surface area contributed by atoms with E-state index >= 15 is 0 Å². The first-order valence-corrected chi connectivity index (χ1v) is 15.5. The van der Waals surface area contributed by atoms with Crippen LogP contribution in [0.2, 0.25) is 0 Å². The van der Waals surface area contributed by atoms with Gasteiger partial charge in [-0.1, -0.05) is 18.2 Å². The molecule has 230 valence electrons. The van der Waals surface area contributed by atoms with Crippen LogP contribution in [0.15, 0.2) is 47.1 Å². The minimum absolute atomic E-state index is 0.160. The van der Waals surface area contributed by atoms with Crippen molar-refractivity contribution < 1.29 is 23.9 Å². The average molecular weight is 665 g/mol. The zero-order valence-corrected chi connectivity index (χ0v) is 26.1. The second-order valence-electron chi connectivity index (χ2n) is 11.7. The topological polar surface area (TPSA) is 148 Å². The Morgan fingerprint density at radius 1 is 1.16 bits per heavy atom. The zero-order valence-electron chi connectivity index (χ0n) is 24.6. The molecule has 2 fully saturated rings. The van der Waals surface area contributed by atoms with E-state index in [1.165, 1.54) is 11.6 Å². The lowest BCUT2D eigenvalue weighted by atomic mass is 10.00. The molecule has 3 atom stereocenters. The Kier molecular flexibility index (Phi) is 8.25. The number of hydrogen-bond acceptors (Lipinski definition) is 7. The monoisotopic (exact) mass is 663 g/mol. The lowest BCUT2D eigenvalue weighted by molar-refractivity contribution is -0.138. The summed E-state index contributed by atoms with van der Waals surface area (Å²) in [5.74, 6) is -0.423. The van der Waals surface area contributed by atoms with Crippen LogP contribution in [0, 0.1) is 12.3 Å². The smallest absolute Gasteiger partial charge is 0.319 e. The van der Waals surface area contributed by atoms with Crippen molar-refractivity contribution in [3.8, 4) is 0 Å². The molecule has 0 unspecified atom stereocenters. The number of fused-ring (bicyclic) bond motifs is 1. The lowest BCUT2D eigenvalue weighted by Gasteiger charge is -2.27. The van der Waals surface area contributed by atoms with Crippen LogP contribution in [0.1, 0.15) is 48.7 Å². The number of aryl methyl sites for hydroxylation is 1. The normalized spacial score (nSPS) is 24.0. The van der Waals surface area contributed by atoms with Crippen molar-refractivity contribution in [2.45, 2.75) is 58.2 Å². The van der Waals surface area contributed by atoms with Crippen molar-refractivity contribution in [1.82, 2.24) is 25.0 Å². The van der Waals surface area contributed by atoms with Gasteiger partial charge < -0.3 is 25.6 Å². The number of rotatable bonds is 3. The van der Waals surface area contributed by atoms with Crippen LogP contribution in [0.4, 0.5) is 16.3 Å². The summed E-state index contributed by atoms with van der Waals surface area (Å²) < 4.78 is 8.09. The molecule has 3 aliphatic rings. The van der Waals surface area contributed by atoms with E-state index in [-0.39, 0.29) is 47.3 Å². The van der Waals surface area contributed by atoms with Gasteiger partial charge >= 0.3 is 6.03 Å². The molecule has 2 aliphatic heterocycles. The number of carbonyl (C=O) groups is 4. The number of urea groups is 1. The van der Waals surface area contributed by atoms with Crippen molar-refractivity contribution in [2.75, 3.05) is 30.4 Å². The fourth-order valence-corrected chi connectivity index (χ4v) is 6.52. The molecule has 6 rings (SSSR count). The third-order valence-corrected chi connectivity index (χ3v) is 8.99. The van der Waals surface area contributed by atoms with Gasteiger partial charge in [-0.2, -0.15) is 5.10 Å². The fraction of sp³-hybridized carbons (Fsp3) is 0.419. The molecule has 0 spiro atoms. The lowest BCUT2D eigenvalue weighted by Crippen LogP contribution is -2.47. The number of Topliss-reactive ketones (excluding diaryl/α,β-unsaturated/α-hetero) is 1. The number of aromatic nitrogens is 3. The number of nitrogens with zero attached hydrogens (tertiary/aromatic N) is 4. The highest BCUT2D eigenvalue weighted by Crippen LogP contribution is 2.60. The van der Waals surface area contributed by atoms with E-state index in [4.69, 9.17) is 4.74 Å². The molecule has 1 saturated heterocycles. The number of pyridine rings is 1. The SMILES string of the molecule is CC(=O)c1nn2c3cc(ccc13)NC(=O)NCCCC=CCOC[C@@]13C[C@@H](C(=O)Nc4nc(Br)ccc4C)N(C(=O)C2)[C@@H]1C3. The van der Waals surface area contributed by atoms with E-state index in [2.05, 4.69) is 42.0 Å². The van der Waals surface area contributed by atoms with Crippen molar-refractivity contribution in [3.05, 3.63) is 58.3 Å². The van der Waals surface area contributed by atoms with Gasteiger partial charge in [0, 0.05) is 36.0 Å². The first kappa shape index (κ1) is 29.9. The van der Waals surface area contributed by atoms with Crippen LogP contribution in [-0.2, 0) is 20.9 Å². The van der Waals surface area contributed by atoms with Crippen LogP contribution >= 0.6 is 15.9 Å². The number of amides is 4. The summed E-state index contributed by atoms with van der Waals surface area (Å²) in [4.78, 5) is 58.9. The van der Waals surface area contributed by atoms with Crippen LogP contribution < -0.4 is 16.0 Å². The molecule has 4 bridgehead atoms. The Morgan fingerprint density at radius 2 is 2.00 bits per heavy atom. The van der Waals surface area contributed by atoms with E-state index < -0.39 is 6.04 Å². The Hall–Kier alpha value is -4.10. The van der Waals surface area contributed by atoms with Gasteiger partial charge in [0.1, 0.15) is 28.7 Å². The van der Waals surface area contributed by atoms with Crippen LogP contribution in [0.5, 0.6) is 0 Å². The molecular weight excluding hydrogens is 630 g/mol. The summed E-state index contributed by atoms with van der Waals surface area (Å²) in [6.45, 7) is 4.44. The van der Waals surface area contributed by atoms with Crippen LogP contribution in [0.3, 0.4) is 0 Å². The number of carbonyl (C=O) groups excluding carboxylic acids is 4. The number of benzene rings is 1. The molecule has 13 heteroatoms. The maximum atomic E-state index is 14.1. The quantitative estimate of drug-likeness (QED) is 0.216. The van der Waals surface area contributed by atoms with E-state index in [1.54, 1.807) is 29.2 Å². The van der Waals surface area contributed by atoms with Gasteiger partial charge in [-0.25, -0.2) is 9.78 Å². The summed E-state index contributed by atoms with van der Waals surface area (Å²) in [6, 6.07) is 7.53. The van der Waals surface area contributed by atoms with E-state index in [0.717, 1.165) is 24.8 Å². The summed E-state index contributed by atoms with van der Waals surface area (Å²) in [5.41, 5.74) is 1.75. The summed E-state index contributed by atoms with van der Waals surface area (Å²) in [5, 5.41) is 13.7. The number of nitrogens with one attached hydrogen (secondary N) is 3. The third kappa shape index (κ3) is 5.98. The van der Waals surface area contributed by atoms with E-state index in [0.29, 0.717) is 53.2 Å². The van der Waals surface area contributed by atoms with Gasteiger partial charge in [-0.15, -0.1) is 0 Å². The molecule has 0 radical (unpaired) electrons. The first-order chi connectivity index (χ1) is 21.1. The van der Waals surface area contributed by atoms with Crippen LogP contribution in [0.25, 0.3) is 10.9 Å². The van der Waals surface area contributed by atoms with Gasteiger partial charge in [0.25, 0.3) is 0 Å². The largest absolute Gasteiger partial charge is 0.377 e. The van der Waals surface area contributed by atoms with Gasteiger partial charge in [0.2, 0.25) is 11.8 Å². The molecule has 1 aromatic carbocycles. The number of ketones is 1. The predicted octanol–water partition coefficient (Wildman–Crippen LogP) is 4.19. The number of hydrogen-bond donors (Lipinski definition) is 3. The molecular formula is C31H34BrN7O5. The molecule has 3 aromatic rings. The molecule has 44 heavy (non-hydrogen) atoms. The second-order valence-corrected chi connectivity index (χ2v) is 12.5. The summed E-state index contributed by atoms with van der Waals surface area (Å²) in [7, 11) is 0. The van der Waals surface area contributed by atoms with E-state index in [1.807, 2.05) is 25.1 Å². The van der Waals surface area contributed by atoms with Crippen molar-refractivity contribution in [2.24, 2.45) is 5.41 Å². The Balaban J connectivity index is 1.34. The minimum atomic E-state index is -0.732. The van der Waals surface area contributed by atoms with Gasteiger partial charge in [0.05, 0.1) is 18.7 Å². The average Bonchev–Trinajstić information content (AvgIpc) is 3.40. The molecule has 1 aliphatic carbocycles. The van der Waals surface area contributed by atoms with Gasteiger partial charge in [-0.05, 0) is 78.4 Å². The summed E-state index contributed by atoms with van der Waals surface area (Å²) in [6.07, 6.45) is 6.73. The maximum absolute atomic E-state index is 14.1. The fourth-order valence-electron chi connectivity index (χ4n) is 6.21. The Labute approximate surface area is 262 Å². The highest BCUT2D eigenvalue weighted by Gasteiger charge is 2.67. The van der Waals surface area contributed by atoms with Crippen molar-refractivity contribution >= 4 is 62.0 Å². The number of halogens is 1. The number of ether oxygens (including phenoxy) is 1. The molecule has 1 saturated carbocycles. The summed E-state index contributed by atoms with van der Waals surface area (Å²) >= 11 is 3.36. The molecule has 4 heterocycles. The number of piperidine rings is 1. The second kappa shape index (κ2) is 12.1. The zero-order chi connectivity index (χ0) is 31.0. The standard InChI is InChI=1S/C31H34BrN7O5/c1-18-7-10-25(32)35-28(18)36-29(42)23-14-31-15-24(31)39(23)26(41)16-38-22-13-20(8-9-21(22)27(37-38)19(2)40)34-30(43)33-11-5-3-4-6-12-44-17-31/h4,6-10,13,23-24H,3,5,11-12,14-17H2,1-2H3,(H2,33,34,43)(H,35,36,42)/t23-,24+,31-/m0/s1. The Bertz CT molecular complexity index is 1690. The molecule has 4 amide bonds.